The van der Waals surface area contributed by atoms with Gasteiger partial charge >= 0.3 is 0 Å². The fourth-order valence-corrected chi connectivity index (χ4v) is 2.86. The van der Waals surface area contributed by atoms with E-state index in [9.17, 15) is 0 Å². The zero-order chi connectivity index (χ0) is 12.3. The predicted octanol–water partition coefficient (Wildman–Crippen LogP) is 3.57. The Kier molecular flexibility index (Phi) is 4.37. The molecule has 4 heteroatoms. The average Bonchev–Trinajstić information content (AvgIpc) is 2.38. The van der Waals surface area contributed by atoms with Gasteiger partial charge in [-0.25, -0.2) is 9.97 Å². The predicted molar refractivity (Wildman–Crippen MR) is 74.4 cm³/mol. The summed E-state index contributed by atoms with van der Waals surface area (Å²) in [5.74, 6) is 1.97. The van der Waals surface area contributed by atoms with Crippen LogP contribution in [0.1, 0.15) is 44.9 Å². The third-order valence-electron chi connectivity index (χ3n) is 3.53. The summed E-state index contributed by atoms with van der Waals surface area (Å²) in [6.07, 6.45) is 7.55. The molecule has 1 heterocycles. The van der Waals surface area contributed by atoms with E-state index in [0.717, 1.165) is 22.7 Å². The first-order valence-electron chi connectivity index (χ1n) is 6.47. The summed E-state index contributed by atoms with van der Waals surface area (Å²) in [7, 11) is 2.16. The van der Waals surface area contributed by atoms with E-state index in [-0.39, 0.29) is 0 Å². The highest BCUT2D eigenvalue weighted by molar-refractivity contribution is 9.10. The molecule has 0 atom stereocenters. The van der Waals surface area contributed by atoms with E-state index in [4.69, 9.17) is 0 Å². The minimum absolute atomic E-state index is 0.648. The number of rotatable bonds is 3. The maximum Gasteiger partial charge on any atom is 0.133 e. The third kappa shape index (κ3) is 3.18. The van der Waals surface area contributed by atoms with Gasteiger partial charge in [0.05, 0.1) is 0 Å². The highest BCUT2D eigenvalue weighted by Gasteiger charge is 2.19. The van der Waals surface area contributed by atoms with Gasteiger partial charge < -0.3 is 4.90 Å². The van der Waals surface area contributed by atoms with Crippen molar-refractivity contribution >= 4 is 21.7 Å². The van der Waals surface area contributed by atoms with Crippen molar-refractivity contribution in [3.63, 3.8) is 0 Å². The summed E-state index contributed by atoms with van der Waals surface area (Å²) in [5, 5.41) is 0. The molecule has 1 aromatic heterocycles. The van der Waals surface area contributed by atoms with Crippen LogP contribution in [0.4, 0.5) is 5.82 Å². The lowest BCUT2D eigenvalue weighted by Crippen LogP contribution is -2.34. The van der Waals surface area contributed by atoms with Gasteiger partial charge in [0, 0.05) is 25.6 Å². The van der Waals surface area contributed by atoms with Crippen LogP contribution in [0.2, 0.25) is 0 Å². The van der Waals surface area contributed by atoms with Crippen LogP contribution in [0, 0.1) is 0 Å². The molecule has 0 N–H and O–H groups in total. The molecule has 94 valence electrons. The molecule has 1 aliphatic rings. The van der Waals surface area contributed by atoms with Crippen molar-refractivity contribution in [3.05, 3.63) is 16.5 Å². The summed E-state index contributed by atoms with van der Waals surface area (Å²) < 4.78 is 0.891. The molecule has 1 aliphatic carbocycles. The zero-order valence-electron chi connectivity index (χ0n) is 10.6. The molecule has 1 fully saturated rings. The number of aromatic nitrogens is 2. The highest BCUT2D eigenvalue weighted by Crippen LogP contribution is 2.26. The van der Waals surface area contributed by atoms with Crippen molar-refractivity contribution in [2.45, 2.75) is 51.5 Å². The monoisotopic (exact) mass is 297 g/mol. The zero-order valence-corrected chi connectivity index (χ0v) is 12.2. The Balaban J connectivity index is 2.17. The molecule has 2 rings (SSSR count). The Bertz CT molecular complexity index is 375. The van der Waals surface area contributed by atoms with Crippen LogP contribution < -0.4 is 4.90 Å². The Hall–Kier alpha value is -0.640. The van der Waals surface area contributed by atoms with Gasteiger partial charge in [-0.05, 0) is 28.8 Å². The maximum absolute atomic E-state index is 4.61. The van der Waals surface area contributed by atoms with Crippen molar-refractivity contribution in [2.75, 3.05) is 11.9 Å². The molecular weight excluding hydrogens is 278 g/mol. The number of anilines is 1. The largest absolute Gasteiger partial charge is 0.357 e. The van der Waals surface area contributed by atoms with Crippen LogP contribution in [0.25, 0.3) is 0 Å². The van der Waals surface area contributed by atoms with E-state index < -0.39 is 0 Å². The minimum atomic E-state index is 0.648. The third-order valence-corrected chi connectivity index (χ3v) is 3.93. The van der Waals surface area contributed by atoms with Crippen molar-refractivity contribution in [2.24, 2.45) is 0 Å². The average molecular weight is 298 g/mol. The molecule has 0 aromatic carbocycles. The van der Waals surface area contributed by atoms with Gasteiger partial charge in [-0.2, -0.15) is 0 Å². The standard InChI is InChI=1S/C13H20BrN3/c1-3-12-15-11(14)9-13(16-12)17(2)10-7-5-4-6-8-10/h9-10H,3-8H2,1-2H3. The van der Waals surface area contributed by atoms with Gasteiger partial charge in [-0.1, -0.05) is 26.2 Å². The van der Waals surface area contributed by atoms with Crippen molar-refractivity contribution in [1.82, 2.24) is 9.97 Å². The van der Waals surface area contributed by atoms with E-state index in [1.165, 1.54) is 32.1 Å². The van der Waals surface area contributed by atoms with Gasteiger partial charge in [-0.15, -0.1) is 0 Å². The number of hydrogen-bond acceptors (Lipinski definition) is 3. The molecule has 0 saturated heterocycles. The first kappa shape index (κ1) is 12.8. The molecule has 0 unspecified atom stereocenters. The van der Waals surface area contributed by atoms with Gasteiger partial charge in [-0.3, -0.25) is 0 Å². The fourth-order valence-electron chi connectivity index (χ4n) is 2.45. The topological polar surface area (TPSA) is 29.0 Å². The molecule has 0 spiro atoms. The first-order valence-corrected chi connectivity index (χ1v) is 7.26. The summed E-state index contributed by atoms with van der Waals surface area (Å²) >= 11 is 3.47. The molecule has 0 aliphatic heterocycles. The molecule has 1 aromatic rings. The minimum Gasteiger partial charge on any atom is -0.357 e. The lowest BCUT2D eigenvalue weighted by molar-refractivity contribution is 0.425. The maximum atomic E-state index is 4.61. The second-order valence-electron chi connectivity index (χ2n) is 4.72. The van der Waals surface area contributed by atoms with E-state index in [1.807, 2.05) is 6.07 Å². The van der Waals surface area contributed by atoms with Crippen LogP contribution in [-0.4, -0.2) is 23.1 Å². The van der Waals surface area contributed by atoms with E-state index >= 15 is 0 Å². The summed E-state index contributed by atoms with van der Waals surface area (Å²) in [6, 6.07) is 2.67. The smallest absolute Gasteiger partial charge is 0.133 e. The van der Waals surface area contributed by atoms with Gasteiger partial charge in [0.2, 0.25) is 0 Å². The van der Waals surface area contributed by atoms with Crippen LogP contribution in [0.5, 0.6) is 0 Å². The van der Waals surface area contributed by atoms with Gasteiger partial charge in [0.25, 0.3) is 0 Å². The summed E-state index contributed by atoms with van der Waals surface area (Å²) in [5.41, 5.74) is 0. The highest BCUT2D eigenvalue weighted by atomic mass is 79.9. The number of aryl methyl sites for hydroxylation is 1. The lowest BCUT2D eigenvalue weighted by atomic mass is 9.94. The van der Waals surface area contributed by atoms with Crippen LogP contribution in [0.3, 0.4) is 0 Å². The van der Waals surface area contributed by atoms with Crippen LogP contribution >= 0.6 is 15.9 Å². The van der Waals surface area contributed by atoms with Crippen LogP contribution in [-0.2, 0) is 6.42 Å². The Morgan fingerprint density at radius 2 is 2.00 bits per heavy atom. The van der Waals surface area contributed by atoms with E-state index in [2.05, 4.69) is 44.8 Å². The molecule has 3 nitrogen and oxygen atoms in total. The number of halogens is 1. The summed E-state index contributed by atoms with van der Waals surface area (Å²) in [4.78, 5) is 11.3. The van der Waals surface area contributed by atoms with Crippen molar-refractivity contribution in [3.8, 4) is 0 Å². The Morgan fingerprint density at radius 1 is 1.29 bits per heavy atom. The fraction of sp³-hybridized carbons (Fsp3) is 0.692. The van der Waals surface area contributed by atoms with E-state index in [0.29, 0.717) is 6.04 Å². The number of hydrogen-bond donors (Lipinski definition) is 0. The molecule has 0 radical (unpaired) electrons. The van der Waals surface area contributed by atoms with Crippen molar-refractivity contribution < 1.29 is 0 Å². The Morgan fingerprint density at radius 3 is 2.65 bits per heavy atom. The summed E-state index contributed by atoms with van der Waals surface area (Å²) in [6.45, 7) is 2.09. The quantitative estimate of drug-likeness (QED) is 0.799. The van der Waals surface area contributed by atoms with Gasteiger partial charge in [0.15, 0.2) is 0 Å². The Labute approximate surface area is 112 Å². The molecule has 1 saturated carbocycles. The SMILES string of the molecule is CCc1nc(Br)cc(N(C)C2CCCCC2)n1. The van der Waals surface area contributed by atoms with E-state index in [1.54, 1.807) is 0 Å². The molecular formula is C13H20BrN3. The van der Waals surface area contributed by atoms with Crippen molar-refractivity contribution in [1.29, 1.82) is 0 Å². The second kappa shape index (κ2) is 5.80. The molecule has 17 heavy (non-hydrogen) atoms. The first-order chi connectivity index (χ1) is 8.20. The number of nitrogens with zero attached hydrogens (tertiary/aromatic N) is 3. The lowest BCUT2D eigenvalue weighted by Gasteiger charge is -2.32. The molecule has 0 amide bonds. The molecule has 0 bridgehead atoms. The van der Waals surface area contributed by atoms with Gasteiger partial charge in [0.1, 0.15) is 16.2 Å². The van der Waals surface area contributed by atoms with Crippen LogP contribution in [0.15, 0.2) is 10.7 Å². The normalized spacial score (nSPS) is 17.1. The second-order valence-corrected chi connectivity index (χ2v) is 5.53.